The number of carbonyl (C=O) groups excluding carboxylic acids is 3. The maximum Gasteiger partial charge on any atom is 0.375 e. The first-order valence-corrected chi connectivity index (χ1v) is 9.49. The number of rotatable bonds is 7. The first kappa shape index (κ1) is 21.4. The quantitative estimate of drug-likeness (QED) is 0.248. The number of nitrogens with zero attached hydrogens (tertiary/aromatic N) is 1. The number of ether oxygens (including phenoxy) is 1. The Morgan fingerprint density at radius 3 is 2.57 bits per heavy atom. The van der Waals surface area contributed by atoms with Crippen molar-refractivity contribution in [2.75, 3.05) is 6.61 Å². The zero-order valence-electron chi connectivity index (χ0n) is 16.0. The number of fused-ring (bicyclic) bond motifs is 1. The van der Waals surface area contributed by atoms with Crippen molar-refractivity contribution in [1.82, 2.24) is 4.57 Å². The van der Waals surface area contributed by atoms with E-state index in [1.54, 1.807) is 18.2 Å². The van der Waals surface area contributed by atoms with Gasteiger partial charge >= 0.3 is 5.97 Å². The second-order valence-electron chi connectivity index (χ2n) is 6.50. The summed E-state index contributed by atoms with van der Waals surface area (Å²) in [7, 11) is 0. The zero-order chi connectivity index (χ0) is 21.8. The molecular weight excluding hydrogens is 413 g/mol. The molecule has 0 atom stereocenters. The van der Waals surface area contributed by atoms with Crippen LogP contribution in [-0.4, -0.2) is 28.7 Å². The summed E-state index contributed by atoms with van der Waals surface area (Å²) >= 11 is 6.06. The van der Waals surface area contributed by atoms with Crippen LogP contribution in [0.1, 0.15) is 29.3 Å². The van der Waals surface area contributed by atoms with Crippen LogP contribution in [0.15, 0.2) is 53.5 Å². The summed E-state index contributed by atoms with van der Waals surface area (Å²) < 4.78 is 20.3. The lowest BCUT2D eigenvalue weighted by Gasteiger charge is -2.14. The number of aromatic nitrogens is 1. The monoisotopic (exact) mass is 429 g/mol. The predicted octanol–water partition coefficient (Wildman–Crippen LogP) is 3.55. The van der Waals surface area contributed by atoms with E-state index in [0.717, 1.165) is 0 Å². The van der Waals surface area contributed by atoms with E-state index in [-0.39, 0.29) is 24.1 Å². The third-order valence-corrected chi connectivity index (χ3v) is 4.70. The number of benzene rings is 2. The number of pyridine rings is 1. The van der Waals surface area contributed by atoms with Gasteiger partial charge in [-0.1, -0.05) is 29.8 Å². The molecule has 0 aliphatic rings. The molecule has 8 heteroatoms. The minimum Gasteiger partial charge on any atom is -0.460 e. The average Bonchev–Trinajstić information content (AvgIpc) is 2.71. The third-order valence-electron chi connectivity index (χ3n) is 4.47. The van der Waals surface area contributed by atoms with Crippen molar-refractivity contribution < 1.29 is 23.5 Å². The Labute approximate surface area is 175 Å². The number of esters is 1. The van der Waals surface area contributed by atoms with E-state index in [9.17, 15) is 23.6 Å². The summed E-state index contributed by atoms with van der Waals surface area (Å²) in [5.74, 6) is -3.45. The van der Waals surface area contributed by atoms with Crippen molar-refractivity contribution in [3.8, 4) is 0 Å². The molecule has 2 aromatic carbocycles. The van der Waals surface area contributed by atoms with Crippen LogP contribution in [0.2, 0.25) is 5.02 Å². The first-order valence-electron chi connectivity index (χ1n) is 9.11. The Morgan fingerprint density at radius 2 is 1.87 bits per heavy atom. The summed E-state index contributed by atoms with van der Waals surface area (Å²) in [6.45, 7) is 1.55. The standard InChI is InChI=1S/C22H17ClFNO5/c1-2-30-22(29)20(27)10-19(26)16-12-25(11-13-5-3-4-6-17(13)24)18-9-14(23)7-8-15(18)21(16)28/h3-9,12H,2,10-11H2,1H3. The molecule has 3 rings (SSSR count). The summed E-state index contributed by atoms with van der Waals surface area (Å²) in [4.78, 5) is 48.9. The Morgan fingerprint density at radius 1 is 1.13 bits per heavy atom. The second kappa shape index (κ2) is 9.00. The van der Waals surface area contributed by atoms with E-state index in [1.165, 1.54) is 42.0 Å². The van der Waals surface area contributed by atoms with Gasteiger partial charge in [-0.3, -0.25) is 14.4 Å². The Bertz CT molecular complexity index is 1220. The molecular formula is C22H17ClFNO5. The number of hydrogen-bond donors (Lipinski definition) is 0. The highest BCUT2D eigenvalue weighted by Crippen LogP contribution is 2.20. The normalized spacial score (nSPS) is 10.8. The van der Waals surface area contributed by atoms with Gasteiger partial charge in [0.05, 0.1) is 30.7 Å². The van der Waals surface area contributed by atoms with Crippen LogP contribution < -0.4 is 5.43 Å². The van der Waals surface area contributed by atoms with Gasteiger partial charge in [-0.2, -0.15) is 0 Å². The van der Waals surface area contributed by atoms with Crippen LogP contribution in [0, 0.1) is 5.82 Å². The van der Waals surface area contributed by atoms with E-state index < -0.39 is 35.2 Å². The fourth-order valence-electron chi connectivity index (χ4n) is 3.03. The highest BCUT2D eigenvalue weighted by Gasteiger charge is 2.23. The van der Waals surface area contributed by atoms with E-state index in [0.29, 0.717) is 16.1 Å². The summed E-state index contributed by atoms with van der Waals surface area (Å²) in [5, 5.41) is 0.547. The average molecular weight is 430 g/mol. The fourth-order valence-corrected chi connectivity index (χ4v) is 3.19. The molecule has 0 saturated heterocycles. The molecule has 0 aliphatic carbocycles. The van der Waals surface area contributed by atoms with Gasteiger partial charge in [0, 0.05) is 22.2 Å². The van der Waals surface area contributed by atoms with Gasteiger partial charge in [-0.25, -0.2) is 9.18 Å². The number of hydrogen-bond acceptors (Lipinski definition) is 5. The summed E-state index contributed by atoms with van der Waals surface area (Å²) in [6, 6.07) is 10.6. The van der Waals surface area contributed by atoms with Crippen molar-refractivity contribution in [2.24, 2.45) is 0 Å². The Hall–Kier alpha value is -3.32. The van der Waals surface area contributed by atoms with E-state index >= 15 is 0 Å². The van der Waals surface area contributed by atoms with Crippen LogP contribution >= 0.6 is 11.6 Å². The molecule has 30 heavy (non-hydrogen) atoms. The molecule has 0 bridgehead atoms. The van der Waals surface area contributed by atoms with Gasteiger partial charge < -0.3 is 9.30 Å². The molecule has 1 aromatic heterocycles. The SMILES string of the molecule is CCOC(=O)C(=O)CC(=O)c1cn(Cc2ccccc2F)c2cc(Cl)ccc2c1=O. The highest BCUT2D eigenvalue weighted by molar-refractivity contribution is 6.38. The molecule has 6 nitrogen and oxygen atoms in total. The van der Waals surface area contributed by atoms with E-state index in [4.69, 9.17) is 11.6 Å². The molecule has 3 aromatic rings. The van der Waals surface area contributed by atoms with Crippen molar-refractivity contribution in [1.29, 1.82) is 0 Å². The summed E-state index contributed by atoms with van der Waals surface area (Å²) in [6.07, 6.45) is 0.459. The number of Topliss-reactive ketones (excluding diaryl/α,β-unsaturated/α-hetero) is 2. The third kappa shape index (κ3) is 4.46. The molecule has 0 fully saturated rings. The maximum absolute atomic E-state index is 14.2. The van der Waals surface area contributed by atoms with Gasteiger partial charge in [0.2, 0.25) is 5.78 Å². The molecule has 0 amide bonds. The van der Waals surface area contributed by atoms with Gasteiger partial charge in [-0.05, 0) is 31.2 Å². The van der Waals surface area contributed by atoms with Crippen molar-refractivity contribution in [3.63, 3.8) is 0 Å². The molecule has 1 heterocycles. The molecule has 0 saturated carbocycles. The summed E-state index contributed by atoms with van der Waals surface area (Å²) in [5.41, 5.74) is -0.139. The number of halogens is 2. The molecule has 0 spiro atoms. The van der Waals surface area contributed by atoms with Crippen molar-refractivity contribution in [3.05, 3.63) is 80.9 Å². The largest absolute Gasteiger partial charge is 0.460 e. The zero-order valence-corrected chi connectivity index (χ0v) is 16.7. The van der Waals surface area contributed by atoms with Gasteiger partial charge in [-0.15, -0.1) is 0 Å². The fraction of sp³-hybridized carbons (Fsp3) is 0.182. The van der Waals surface area contributed by atoms with Gasteiger partial charge in [0.25, 0.3) is 0 Å². The van der Waals surface area contributed by atoms with Gasteiger partial charge in [0.1, 0.15) is 5.82 Å². The van der Waals surface area contributed by atoms with Crippen LogP contribution in [0.25, 0.3) is 10.9 Å². The smallest absolute Gasteiger partial charge is 0.375 e. The molecule has 0 unspecified atom stereocenters. The van der Waals surface area contributed by atoms with Crippen LogP contribution in [-0.2, 0) is 20.9 Å². The van der Waals surface area contributed by atoms with Gasteiger partial charge in [0.15, 0.2) is 11.2 Å². The van der Waals surface area contributed by atoms with E-state index in [1.807, 2.05) is 0 Å². The minimum absolute atomic E-state index is 0.00899. The maximum atomic E-state index is 14.2. The van der Waals surface area contributed by atoms with Crippen LogP contribution in [0.4, 0.5) is 4.39 Å². The topological polar surface area (TPSA) is 82.4 Å². The second-order valence-corrected chi connectivity index (χ2v) is 6.93. The van der Waals surface area contributed by atoms with Crippen LogP contribution in [0.3, 0.4) is 0 Å². The predicted molar refractivity (Wildman–Crippen MR) is 109 cm³/mol. The minimum atomic E-state index is -1.13. The number of carbonyl (C=O) groups is 3. The van der Waals surface area contributed by atoms with Crippen molar-refractivity contribution in [2.45, 2.75) is 19.9 Å². The number of ketones is 2. The molecule has 0 aliphatic heterocycles. The van der Waals surface area contributed by atoms with E-state index in [2.05, 4.69) is 4.74 Å². The lowest BCUT2D eigenvalue weighted by atomic mass is 10.0. The first-order chi connectivity index (χ1) is 14.3. The highest BCUT2D eigenvalue weighted by atomic mass is 35.5. The Balaban J connectivity index is 2.08. The molecule has 154 valence electrons. The Kier molecular flexibility index (Phi) is 6.42. The lowest BCUT2D eigenvalue weighted by Crippen LogP contribution is -2.25. The lowest BCUT2D eigenvalue weighted by molar-refractivity contribution is -0.153. The molecule has 0 radical (unpaired) electrons. The van der Waals surface area contributed by atoms with Crippen LogP contribution in [0.5, 0.6) is 0 Å². The molecule has 0 N–H and O–H groups in total. The van der Waals surface area contributed by atoms with Crippen molar-refractivity contribution >= 4 is 40.0 Å².